The number of halogens is 1. The molecule has 6 heteroatoms. The predicted molar refractivity (Wildman–Crippen MR) is 86.1 cm³/mol. The average Bonchev–Trinajstić information content (AvgIpc) is 3.05. The quantitative estimate of drug-likeness (QED) is 0.781. The largest absolute Gasteiger partial charge is 0.477 e. The lowest BCUT2D eigenvalue weighted by Gasteiger charge is -2.09. The van der Waals surface area contributed by atoms with Gasteiger partial charge in [0.1, 0.15) is 15.7 Å². The fraction of sp³-hybridized carbons (Fsp3) is 0.118. The van der Waals surface area contributed by atoms with E-state index in [1.165, 1.54) is 12.3 Å². The number of aromatic nitrogens is 1. The zero-order valence-electron chi connectivity index (χ0n) is 12.1. The van der Waals surface area contributed by atoms with E-state index >= 15 is 0 Å². The fourth-order valence-corrected chi connectivity index (χ4v) is 3.28. The number of nitriles is 1. The molecule has 0 atom stereocenters. The van der Waals surface area contributed by atoms with E-state index in [-0.39, 0.29) is 4.88 Å². The molecule has 0 aliphatic rings. The van der Waals surface area contributed by atoms with Crippen LogP contribution in [-0.4, -0.2) is 16.1 Å². The Bertz CT molecular complexity index is 973. The van der Waals surface area contributed by atoms with Gasteiger partial charge in [-0.3, -0.25) is 0 Å². The number of rotatable bonds is 3. The molecule has 4 nitrogen and oxygen atoms in total. The zero-order chi connectivity index (χ0) is 16.6. The monoisotopic (exact) mass is 326 g/mol. The van der Waals surface area contributed by atoms with Gasteiger partial charge in [0.25, 0.3) is 0 Å². The summed E-state index contributed by atoms with van der Waals surface area (Å²) in [6, 6.07) is 8.43. The van der Waals surface area contributed by atoms with Crippen LogP contribution in [0.15, 0.2) is 30.5 Å². The summed E-state index contributed by atoms with van der Waals surface area (Å²) >= 11 is 0.995. The van der Waals surface area contributed by atoms with Crippen LogP contribution < -0.4 is 0 Å². The SMILES string of the molecule is CCc1ccc(F)c2cc(-c3ncc(C(=O)O)s3)cc(C#N)c12. The van der Waals surface area contributed by atoms with Crippen LogP contribution in [-0.2, 0) is 6.42 Å². The molecule has 3 rings (SSSR count). The first-order valence-electron chi connectivity index (χ1n) is 6.90. The van der Waals surface area contributed by atoms with Crippen molar-refractivity contribution in [1.29, 1.82) is 5.26 Å². The maximum absolute atomic E-state index is 14.2. The summed E-state index contributed by atoms with van der Waals surface area (Å²) in [5, 5.41) is 19.8. The van der Waals surface area contributed by atoms with Crippen molar-refractivity contribution in [3.63, 3.8) is 0 Å². The smallest absolute Gasteiger partial charge is 0.347 e. The molecule has 0 amide bonds. The van der Waals surface area contributed by atoms with Crippen molar-refractivity contribution in [2.24, 2.45) is 0 Å². The molecule has 1 heterocycles. The lowest BCUT2D eigenvalue weighted by Crippen LogP contribution is -1.92. The van der Waals surface area contributed by atoms with E-state index in [9.17, 15) is 14.4 Å². The van der Waals surface area contributed by atoms with Gasteiger partial charge in [0, 0.05) is 16.3 Å². The molecule has 0 spiro atoms. The molecule has 0 bridgehead atoms. The number of nitrogens with zero attached hydrogens (tertiary/aromatic N) is 2. The first-order valence-corrected chi connectivity index (χ1v) is 7.71. The van der Waals surface area contributed by atoms with E-state index < -0.39 is 11.8 Å². The molecule has 3 aromatic rings. The van der Waals surface area contributed by atoms with E-state index in [1.807, 2.05) is 6.92 Å². The van der Waals surface area contributed by atoms with Gasteiger partial charge in [0.05, 0.1) is 17.8 Å². The number of fused-ring (bicyclic) bond motifs is 1. The van der Waals surface area contributed by atoms with Gasteiger partial charge in [-0.15, -0.1) is 11.3 Å². The number of carbonyl (C=O) groups is 1. The van der Waals surface area contributed by atoms with Crippen molar-refractivity contribution in [1.82, 2.24) is 4.98 Å². The lowest BCUT2D eigenvalue weighted by molar-refractivity contribution is 0.0702. The zero-order valence-corrected chi connectivity index (χ0v) is 12.9. The van der Waals surface area contributed by atoms with Crippen molar-refractivity contribution in [3.8, 4) is 16.6 Å². The molecule has 0 unspecified atom stereocenters. The van der Waals surface area contributed by atoms with Crippen molar-refractivity contribution >= 4 is 28.1 Å². The summed E-state index contributed by atoms with van der Waals surface area (Å²) in [5.41, 5.74) is 1.80. The third-order valence-corrected chi connectivity index (χ3v) is 4.65. The molecule has 0 saturated heterocycles. The van der Waals surface area contributed by atoms with Crippen LogP contribution in [0.2, 0.25) is 0 Å². The van der Waals surface area contributed by atoms with E-state index in [4.69, 9.17) is 5.11 Å². The highest BCUT2D eigenvalue weighted by Gasteiger charge is 2.15. The Morgan fingerprint density at radius 1 is 1.43 bits per heavy atom. The number of carboxylic acid groups (broad SMARTS) is 1. The number of benzene rings is 2. The number of hydrogen-bond donors (Lipinski definition) is 1. The molecule has 1 aromatic heterocycles. The molecular formula is C17H11FN2O2S. The minimum absolute atomic E-state index is 0.0985. The summed E-state index contributed by atoms with van der Waals surface area (Å²) in [7, 11) is 0. The molecule has 2 aromatic carbocycles. The third kappa shape index (κ3) is 2.56. The molecule has 1 N–H and O–H groups in total. The molecule has 23 heavy (non-hydrogen) atoms. The summed E-state index contributed by atoms with van der Waals surface area (Å²) in [5.74, 6) is -1.47. The summed E-state index contributed by atoms with van der Waals surface area (Å²) in [4.78, 5) is 15.1. The lowest BCUT2D eigenvalue weighted by atomic mass is 9.95. The van der Waals surface area contributed by atoms with Crippen molar-refractivity contribution in [3.05, 3.63) is 52.3 Å². The van der Waals surface area contributed by atoms with Crippen molar-refractivity contribution in [2.75, 3.05) is 0 Å². The van der Waals surface area contributed by atoms with Crippen LogP contribution in [0, 0.1) is 17.1 Å². The van der Waals surface area contributed by atoms with E-state index in [2.05, 4.69) is 11.1 Å². The molecule has 114 valence electrons. The van der Waals surface area contributed by atoms with Gasteiger partial charge in [0.15, 0.2) is 0 Å². The second kappa shape index (κ2) is 5.78. The van der Waals surface area contributed by atoms with Gasteiger partial charge in [-0.25, -0.2) is 14.2 Å². The number of hydrogen-bond acceptors (Lipinski definition) is 4. The number of carboxylic acids is 1. The van der Waals surface area contributed by atoms with Gasteiger partial charge in [-0.05, 0) is 30.2 Å². The highest BCUT2D eigenvalue weighted by atomic mass is 32.1. The summed E-state index contributed by atoms with van der Waals surface area (Å²) < 4.78 is 14.2. The Kier molecular flexibility index (Phi) is 3.80. The summed E-state index contributed by atoms with van der Waals surface area (Å²) in [6.45, 7) is 1.95. The second-order valence-corrected chi connectivity index (χ2v) is 5.98. The average molecular weight is 326 g/mol. The van der Waals surface area contributed by atoms with Crippen LogP contribution in [0.1, 0.15) is 27.7 Å². The van der Waals surface area contributed by atoms with E-state index in [0.717, 1.165) is 16.9 Å². The molecule has 0 saturated carbocycles. The van der Waals surface area contributed by atoms with Crippen molar-refractivity contribution < 1.29 is 14.3 Å². The van der Waals surface area contributed by atoms with Crippen LogP contribution in [0.3, 0.4) is 0 Å². The van der Waals surface area contributed by atoms with Gasteiger partial charge in [0.2, 0.25) is 0 Å². The maximum atomic E-state index is 14.2. The minimum atomic E-state index is -1.06. The first kappa shape index (κ1) is 15.1. The number of aromatic carboxylic acids is 1. The van der Waals surface area contributed by atoms with Crippen LogP contribution in [0.4, 0.5) is 4.39 Å². The predicted octanol–water partition coefficient (Wildman–Crippen LogP) is 4.23. The number of aryl methyl sites for hydroxylation is 1. The Hall–Kier alpha value is -2.78. The van der Waals surface area contributed by atoms with Gasteiger partial charge < -0.3 is 5.11 Å². The van der Waals surface area contributed by atoms with Gasteiger partial charge in [-0.1, -0.05) is 13.0 Å². The molecular weight excluding hydrogens is 315 g/mol. The first-order chi connectivity index (χ1) is 11.0. The van der Waals surface area contributed by atoms with Gasteiger partial charge in [-0.2, -0.15) is 5.26 Å². The Balaban J connectivity index is 2.30. The Labute approximate surface area is 135 Å². The highest BCUT2D eigenvalue weighted by molar-refractivity contribution is 7.16. The Morgan fingerprint density at radius 3 is 2.83 bits per heavy atom. The van der Waals surface area contributed by atoms with Crippen LogP contribution in [0.25, 0.3) is 21.3 Å². The molecule has 0 aliphatic carbocycles. The molecule has 0 aliphatic heterocycles. The Morgan fingerprint density at radius 2 is 2.22 bits per heavy atom. The second-order valence-electron chi connectivity index (χ2n) is 4.95. The van der Waals surface area contributed by atoms with Crippen LogP contribution >= 0.6 is 11.3 Å². The molecule has 0 radical (unpaired) electrons. The third-order valence-electron chi connectivity index (χ3n) is 3.61. The summed E-state index contributed by atoms with van der Waals surface area (Å²) in [6.07, 6.45) is 1.95. The highest BCUT2D eigenvalue weighted by Crippen LogP contribution is 2.33. The minimum Gasteiger partial charge on any atom is -0.477 e. The van der Waals surface area contributed by atoms with Gasteiger partial charge >= 0.3 is 5.97 Å². The maximum Gasteiger partial charge on any atom is 0.347 e. The van der Waals surface area contributed by atoms with Crippen molar-refractivity contribution in [2.45, 2.75) is 13.3 Å². The number of thiazole rings is 1. The van der Waals surface area contributed by atoms with Crippen LogP contribution in [0.5, 0.6) is 0 Å². The normalized spacial score (nSPS) is 10.7. The molecule has 0 fully saturated rings. The topological polar surface area (TPSA) is 74.0 Å². The van der Waals surface area contributed by atoms with E-state index in [0.29, 0.717) is 33.3 Å². The van der Waals surface area contributed by atoms with E-state index in [1.54, 1.807) is 18.2 Å². The fourth-order valence-electron chi connectivity index (χ4n) is 2.54. The standard InChI is InChI=1S/C17H11FN2O2S/c1-2-9-3-4-13(18)12-6-10(5-11(7-19)15(9)12)16-20-8-14(23-16)17(21)22/h3-6,8H,2H2,1H3,(H,21,22).